The summed E-state index contributed by atoms with van der Waals surface area (Å²) in [6.07, 6.45) is 7.50. The van der Waals surface area contributed by atoms with Crippen LogP contribution in [0, 0.1) is 0 Å². The van der Waals surface area contributed by atoms with Crippen LogP contribution in [0.4, 0.5) is 11.4 Å². The van der Waals surface area contributed by atoms with Crippen LogP contribution in [0.2, 0.25) is 0 Å². The van der Waals surface area contributed by atoms with Crippen molar-refractivity contribution in [1.82, 2.24) is 0 Å². The number of hydrogen-bond donors (Lipinski definition) is 2. The molecule has 1 aliphatic rings. The zero-order valence-electron chi connectivity index (χ0n) is 15.6. The maximum atomic E-state index is 12.5. The molecule has 0 saturated heterocycles. The number of benzene rings is 2. The molecule has 27 heavy (non-hydrogen) atoms. The minimum atomic E-state index is -3.13. The van der Waals surface area contributed by atoms with Crippen molar-refractivity contribution in [3.05, 3.63) is 59.7 Å². The summed E-state index contributed by atoms with van der Waals surface area (Å²) in [5.41, 5.74) is 2.83. The first-order valence-corrected chi connectivity index (χ1v) is 11.4. The first-order chi connectivity index (χ1) is 12.9. The van der Waals surface area contributed by atoms with Gasteiger partial charge in [-0.25, -0.2) is 8.42 Å². The second-order valence-electron chi connectivity index (χ2n) is 7.28. The fourth-order valence-electron chi connectivity index (χ4n) is 3.44. The van der Waals surface area contributed by atoms with Crippen LogP contribution in [0.25, 0.3) is 0 Å². The molecule has 2 N–H and O–H groups in total. The van der Waals surface area contributed by atoms with Crippen molar-refractivity contribution in [2.75, 3.05) is 16.9 Å². The zero-order valence-corrected chi connectivity index (χ0v) is 16.4. The van der Waals surface area contributed by atoms with Gasteiger partial charge in [-0.3, -0.25) is 4.79 Å². The standard InChI is InChI=1S/C21H26N2O3S/c1-27(25,26)15-16-6-5-7-17(14-16)21(24)23-20-12-10-19(11-13-20)22-18-8-3-2-4-9-18/h5-7,10-14,18,22H,2-4,8-9,15H2,1H3,(H,23,24). The maximum absolute atomic E-state index is 12.5. The largest absolute Gasteiger partial charge is 0.382 e. The van der Waals surface area contributed by atoms with Crippen molar-refractivity contribution < 1.29 is 13.2 Å². The molecule has 1 saturated carbocycles. The first kappa shape index (κ1) is 19.4. The average molecular weight is 387 g/mol. The van der Waals surface area contributed by atoms with Gasteiger partial charge in [0, 0.05) is 29.2 Å². The van der Waals surface area contributed by atoms with Crippen LogP contribution in [0.5, 0.6) is 0 Å². The Labute approximate surface area is 161 Å². The summed E-state index contributed by atoms with van der Waals surface area (Å²) in [5.74, 6) is -0.325. The van der Waals surface area contributed by atoms with E-state index in [2.05, 4.69) is 10.6 Å². The van der Waals surface area contributed by atoms with E-state index in [1.54, 1.807) is 24.3 Å². The molecule has 1 amide bonds. The SMILES string of the molecule is CS(=O)(=O)Cc1cccc(C(=O)Nc2ccc(NC3CCCCC3)cc2)c1. The third kappa shape index (κ3) is 6.10. The van der Waals surface area contributed by atoms with E-state index < -0.39 is 9.84 Å². The molecule has 0 spiro atoms. The number of sulfone groups is 1. The number of anilines is 2. The molecule has 3 rings (SSSR count). The van der Waals surface area contributed by atoms with Gasteiger partial charge in [0.1, 0.15) is 0 Å². The van der Waals surface area contributed by atoms with E-state index in [0.29, 0.717) is 22.9 Å². The van der Waals surface area contributed by atoms with Crippen LogP contribution >= 0.6 is 0 Å². The van der Waals surface area contributed by atoms with Gasteiger partial charge in [0.25, 0.3) is 5.91 Å². The fraction of sp³-hybridized carbons (Fsp3) is 0.381. The number of carbonyl (C=O) groups is 1. The van der Waals surface area contributed by atoms with Crippen LogP contribution in [0.15, 0.2) is 48.5 Å². The molecule has 0 unspecified atom stereocenters. The first-order valence-electron chi connectivity index (χ1n) is 9.34. The van der Waals surface area contributed by atoms with E-state index in [1.165, 1.54) is 38.4 Å². The Kier molecular flexibility index (Phi) is 6.16. The molecule has 0 bridgehead atoms. The highest BCUT2D eigenvalue weighted by molar-refractivity contribution is 7.89. The summed E-state index contributed by atoms with van der Waals surface area (Å²) in [6.45, 7) is 0. The number of hydrogen-bond acceptors (Lipinski definition) is 4. The molecule has 6 heteroatoms. The van der Waals surface area contributed by atoms with Crippen molar-refractivity contribution >= 4 is 27.1 Å². The lowest BCUT2D eigenvalue weighted by atomic mass is 9.95. The molecule has 0 heterocycles. The van der Waals surface area contributed by atoms with Crippen LogP contribution in [0.1, 0.15) is 48.0 Å². The van der Waals surface area contributed by atoms with Crippen LogP contribution in [0.3, 0.4) is 0 Å². The summed E-state index contributed by atoms with van der Waals surface area (Å²) in [5, 5.41) is 6.42. The van der Waals surface area contributed by atoms with E-state index in [9.17, 15) is 13.2 Å². The van der Waals surface area contributed by atoms with Crippen LogP contribution < -0.4 is 10.6 Å². The Hall–Kier alpha value is -2.34. The van der Waals surface area contributed by atoms with Gasteiger partial charge in [-0.05, 0) is 54.8 Å². The Morgan fingerprint density at radius 1 is 1.00 bits per heavy atom. The van der Waals surface area contributed by atoms with Gasteiger partial charge in [0.15, 0.2) is 9.84 Å². The van der Waals surface area contributed by atoms with E-state index in [0.717, 1.165) is 5.69 Å². The highest BCUT2D eigenvalue weighted by Gasteiger charge is 2.13. The third-order valence-corrected chi connectivity index (χ3v) is 5.59. The Morgan fingerprint density at radius 3 is 2.33 bits per heavy atom. The van der Waals surface area contributed by atoms with Crippen molar-refractivity contribution in [2.24, 2.45) is 0 Å². The Bertz CT molecular complexity index is 886. The van der Waals surface area contributed by atoms with E-state index in [-0.39, 0.29) is 11.7 Å². The van der Waals surface area contributed by atoms with Crippen molar-refractivity contribution in [2.45, 2.75) is 43.9 Å². The molecule has 2 aromatic carbocycles. The van der Waals surface area contributed by atoms with Crippen molar-refractivity contribution in [3.8, 4) is 0 Å². The minimum Gasteiger partial charge on any atom is -0.382 e. The smallest absolute Gasteiger partial charge is 0.255 e. The second kappa shape index (κ2) is 8.57. The molecular weight excluding hydrogens is 360 g/mol. The number of rotatable bonds is 6. The number of amides is 1. The van der Waals surface area contributed by atoms with E-state index in [4.69, 9.17) is 0 Å². The topological polar surface area (TPSA) is 75.3 Å². The van der Waals surface area contributed by atoms with Gasteiger partial charge in [0.2, 0.25) is 0 Å². The van der Waals surface area contributed by atoms with Crippen LogP contribution in [-0.2, 0) is 15.6 Å². The number of carbonyl (C=O) groups excluding carboxylic acids is 1. The van der Waals surface area contributed by atoms with Gasteiger partial charge in [0.05, 0.1) is 5.75 Å². The van der Waals surface area contributed by atoms with Gasteiger partial charge < -0.3 is 10.6 Å². The quantitative estimate of drug-likeness (QED) is 0.779. The summed E-state index contributed by atoms with van der Waals surface area (Å²) in [7, 11) is -3.13. The third-order valence-electron chi connectivity index (χ3n) is 4.74. The highest BCUT2D eigenvalue weighted by Crippen LogP contribution is 2.22. The average Bonchev–Trinajstić information content (AvgIpc) is 2.63. The normalized spacial score (nSPS) is 15.3. The monoisotopic (exact) mass is 386 g/mol. The summed E-state index contributed by atoms with van der Waals surface area (Å²) in [6, 6.07) is 15.0. The van der Waals surface area contributed by atoms with Crippen molar-refractivity contribution in [1.29, 1.82) is 0 Å². The molecule has 0 radical (unpaired) electrons. The second-order valence-corrected chi connectivity index (χ2v) is 9.42. The zero-order chi connectivity index (χ0) is 19.3. The Morgan fingerprint density at radius 2 is 1.67 bits per heavy atom. The maximum Gasteiger partial charge on any atom is 0.255 e. The van der Waals surface area contributed by atoms with Gasteiger partial charge in [-0.1, -0.05) is 31.4 Å². The molecule has 5 nitrogen and oxygen atoms in total. The van der Waals surface area contributed by atoms with E-state index in [1.807, 2.05) is 24.3 Å². The molecular formula is C21H26N2O3S. The molecule has 1 aliphatic carbocycles. The summed E-state index contributed by atoms with van der Waals surface area (Å²) < 4.78 is 22.9. The summed E-state index contributed by atoms with van der Waals surface area (Å²) >= 11 is 0. The van der Waals surface area contributed by atoms with Gasteiger partial charge >= 0.3 is 0 Å². The predicted molar refractivity (Wildman–Crippen MR) is 110 cm³/mol. The highest BCUT2D eigenvalue weighted by atomic mass is 32.2. The summed E-state index contributed by atoms with van der Waals surface area (Å²) in [4.78, 5) is 12.5. The van der Waals surface area contributed by atoms with Crippen molar-refractivity contribution in [3.63, 3.8) is 0 Å². The lowest BCUT2D eigenvalue weighted by Crippen LogP contribution is -2.22. The molecule has 1 fully saturated rings. The number of nitrogens with one attached hydrogen (secondary N) is 2. The van der Waals surface area contributed by atoms with Crippen LogP contribution in [-0.4, -0.2) is 26.6 Å². The van der Waals surface area contributed by atoms with Gasteiger partial charge in [-0.2, -0.15) is 0 Å². The molecule has 0 aliphatic heterocycles. The fourth-order valence-corrected chi connectivity index (χ4v) is 4.23. The lowest BCUT2D eigenvalue weighted by Gasteiger charge is -2.23. The lowest BCUT2D eigenvalue weighted by molar-refractivity contribution is 0.102. The minimum absolute atomic E-state index is 0.0738. The molecule has 2 aromatic rings. The predicted octanol–water partition coefficient (Wildman–Crippen LogP) is 4.23. The van der Waals surface area contributed by atoms with E-state index >= 15 is 0 Å². The Balaban J connectivity index is 1.61. The molecule has 0 aromatic heterocycles. The van der Waals surface area contributed by atoms with Gasteiger partial charge in [-0.15, -0.1) is 0 Å². The molecule has 144 valence electrons. The molecule has 0 atom stereocenters.